The van der Waals surface area contributed by atoms with Gasteiger partial charge in [-0.15, -0.1) is 0 Å². The smallest absolute Gasteiger partial charge is 0.168 e. The number of hydrogen-bond acceptors (Lipinski definition) is 6. The molecule has 0 atom stereocenters. The predicted octanol–water partition coefficient (Wildman–Crippen LogP) is 5.13. The second-order valence-corrected chi connectivity index (χ2v) is 7.98. The molecule has 7 heteroatoms. The fourth-order valence-corrected chi connectivity index (χ4v) is 4.21. The van der Waals surface area contributed by atoms with E-state index in [9.17, 15) is 5.11 Å². The van der Waals surface area contributed by atoms with Crippen molar-refractivity contribution in [2.24, 2.45) is 0 Å². The van der Waals surface area contributed by atoms with Crippen LogP contribution in [0.25, 0.3) is 11.1 Å². The van der Waals surface area contributed by atoms with Crippen LogP contribution in [-0.2, 0) is 13.1 Å². The molecular weight excluding hydrogens is 430 g/mol. The van der Waals surface area contributed by atoms with E-state index in [4.69, 9.17) is 30.5 Å². The molecule has 0 radical (unpaired) electrons. The van der Waals surface area contributed by atoms with Gasteiger partial charge in [0.1, 0.15) is 12.4 Å². The van der Waals surface area contributed by atoms with Crippen LogP contribution in [0.5, 0.6) is 28.7 Å². The number of hydrogen-bond donors (Lipinski definition) is 1. The van der Waals surface area contributed by atoms with Crippen LogP contribution < -0.4 is 18.9 Å². The van der Waals surface area contributed by atoms with E-state index in [-0.39, 0.29) is 5.75 Å². The molecule has 6 nitrogen and oxygen atoms in total. The molecule has 1 heterocycles. The van der Waals surface area contributed by atoms with Gasteiger partial charge >= 0.3 is 0 Å². The van der Waals surface area contributed by atoms with Crippen molar-refractivity contribution in [2.45, 2.75) is 13.1 Å². The third kappa shape index (κ3) is 4.42. The van der Waals surface area contributed by atoms with Gasteiger partial charge in [0.25, 0.3) is 0 Å². The van der Waals surface area contributed by atoms with Gasteiger partial charge in [-0.3, -0.25) is 4.90 Å². The number of para-hydroxylation sites is 1. The highest BCUT2D eigenvalue weighted by Gasteiger charge is 2.23. The molecule has 0 aromatic heterocycles. The highest BCUT2D eigenvalue weighted by molar-refractivity contribution is 6.30. The van der Waals surface area contributed by atoms with E-state index in [1.54, 1.807) is 39.5 Å². The lowest BCUT2D eigenvalue weighted by atomic mass is 10.00. The maximum atomic E-state index is 10.3. The molecule has 0 aliphatic carbocycles. The second-order valence-electron chi connectivity index (χ2n) is 7.54. The van der Waals surface area contributed by atoms with Crippen molar-refractivity contribution >= 4 is 11.6 Å². The van der Waals surface area contributed by atoms with Crippen LogP contribution in [0.2, 0.25) is 5.02 Å². The first-order chi connectivity index (χ1) is 15.5. The summed E-state index contributed by atoms with van der Waals surface area (Å²) in [6.07, 6.45) is 0. The minimum Gasteiger partial charge on any atom is -0.508 e. The molecule has 168 valence electrons. The van der Waals surface area contributed by atoms with Gasteiger partial charge in [-0.2, -0.15) is 0 Å². The molecule has 0 spiro atoms. The standard InChI is InChI=1S/C25H26ClNO5/c1-29-22-6-4-5-20(25(22)31-3)16-11-18-15-27(9-10-32-24(18)23(13-16)30-2)14-17-12-19(26)7-8-21(17)28/h4-8,11-13,28H,9-10,14-15H2,1-3H3. The normalized spacial score (nSPS) is 13.6. The lowest BCUT2D eigenvalue weighted by Gasteiger charge is -2.21. The number of phenols is 1. The van der Waals surface area contributed by atoms with Crippen LogP contribution in [0.4, 0.5) is 0 Å². The summed E-state index contributed by atoms with van der Waals surface area (Å²) in [5.74, 6) is 2.94. The molecule has 3 aromatic rings. The van der Waals surface area contributed by atoms with Gasteiger partial charge in [0.2, 0.25) is 0 Å². The average molecular weight is 456 g/mol. The highest BCUT2D eigenvalue weighted by atomic mass is 35.5. The SMILES string of the molecule is COc1cc(-c2cccc(OC)c2OC)cc2c1OCCN(Cc1cc(Cl)ccc1O)C2. The van der Waals surface area contributed by atoms with Gasteiger partial charge in [-0.1, -0.05) is 23.7 Å². The number of fused-ring (bicyclic) bond motifs is 1. The van der Waals surface area contributed by atoms with Gasteiger partial charge in [0.05, 0.1) is 21.3 Å². The fraction of sp³-hybridized carbons (Fsp3) is 0.280. The number of rotatable bonds is 6. The Morgan fingerprint density at radius 2 is 1.81 bits per heavy atom. The van der Waals surface area contributed by atoms with E-state index < -0.39 is 0 Å². The summed E-state index contributed by atoms with van der Waals surface area (Å²) in [6, 6.07) is 14.9. The summed E-state index contributed by atoms with van der Waals surface area (Å²) in [5.41, 5.74) is 3.60. The zero-order valence-corrected chi connectivity index (χ0v) is 19.1. The molecule has 0 bridgehead atoms. The van der Waals surface area contributed by atoms with E-state index >= 15 is 0 Å². The summed E-state index contributed by atoms with van der Waals surface area (Å²) in [4.78, 5) is 2.21. The fourth-order valence-electron chi connectivity index (χ4n) is 4.02. The zero-order chi connectivity index (χ0) is 22.7. The van der Waals surface area contributed by atoms with Crippen LogP contribution >= 0.6 is 11.6 Å². The number of aromatic hydroxyl groups is 1. The lowest BCUT2D eigenvalue weighted by Crippen LogP contribution is -2.25. The van der Waals surface area contributed by atoms with E-state index in [1.807, 2.05) is 24.3 Å². The molecule has 0 unspecified atom stereocenters. The Morgan fingerprint density at radius 3 is 2.56 bits per heavy atom. The Morgan fingerprint density at radius 1 is 1.00 bits per heavy atom. The molecule has 0 amide bonds. The lowest BCUT2D eigenvalue weighted by molar-refractivity contribution is 0.215. The largest absolute Gasteiger partial charge is 0.508 e. The minimum absolute atomic E-state index is 0.229. The van der Waals surface area contributed by atoms with Crippen molar-refractivity contribution in [3.8, 4) is 39.9 Å². The van der Waals surface area contributed by atoms with Crippen molar-refractivity contribution in [3.05, 3.63) is 64.7 Å². The Kier molecular flexibility index (Phi) is 6.63. The van der Waals surface area contributed by atoms with Gasteiger partial charge < -0.3 is 24.1 Å². The van der Waals surface area contributed by atoms with Gasteiger partial charge in [0.15, 0.2) is 23.0 Å². The molecule has 0 saturated heterocycles. The van der Waals surface area contributed by atoms with Gasteiger partial charge in [-0.05, 0) is 42.0 Å². The van der Waals surface area contributed by atoms with Crippen LogP contribution in [0.3, 0.4) is 0 Å². The van der Waals surface area contributed by atoms with E-state index in [0.717, 1.165) is 28.0 Å². The molecule has 0 fully saturated rings. The van der Waals surface area contributed by atoms with Crippen molar-refractivity contribution < 1.29 is 24.1 Å². The van der Waals surface area contributed by atoms with Crippen molar-refractivity contribution in [1.29, 1.82) is 0 Å². The van der Waals surface area contributed by atoms with Crippen LogP contribution in [-0.4, -0.2) is 44.5 Å². The Balaban J connectivity index is 1.73. The minimum atomic E-state index is 0.229. The third-order valence-corrected chi connectivity index (χ3v) is 5.78. The number of halogens is 1. The van der Waals surface area contributed by atoms with Crippen molar-refractivity contribution in [1.82, 2.24) is 4.90 Å². The van der Waals surface area contributed by atoms with E-state index in [1.165, 1.54) is 0 Å². The van der Waals surface area contributed by atoms with E-state index in [0.29, 0.717) is 48.5 Å². The zero-order valence-electron chi connectivity index (χ0n) is 18.4. The number of phenolic OH excluding ortho intramolecular Hbond substituents is 1. The molecule has 4 rings (SSSR count). The number of nitrogens with zero attached hydrogens (tertiary/aromatic N) is 1. The highest BCUT2D eigenvalue weighted by Crippen LogP contribution is 2.43. The number of benzene rings is 3. The molecule has 1 N–H and O–H groups in total. The van der Waals surface area contributed by atoms with Crippen LogP contribution in [0.1, 0.15) is 11.1 Å². The van der Waals surface area contributed by atoms with Crippen LogP contribution in [0.15, 0.2) is 48.5 Å². The number of ether oxygens (including phenoxy) is 4. The topological polar surface area (TPSA) is 60.4 Å². The maximum Gasteiger partial charge on any atom is 0.168 e. The Bertz CT molecular complexity index is 1120. The summed E-state index contributed by atoms with van der Waals surface area (Å²) in [5, 5.41) is 10.8. The summed E-state index contributed by atoms with van der Waals surface area (Å²) >= 11 is 6.14. The molecule has 0 saturated carbocycles. The number of methoxy groups -OCH3 is 3. The van der Waals surface area contributed by atoms with Gasteiger partial charge in [0, 0.05) is 41.3 Å². The van der Waals surface area contributed by atoms with Crippen molar-refractivity contribution in [2.75, 3.05) is 34.5 Å². The molecule has 1 aliphatic rings. The van der Waals surface area contributed by atoms with Crippen LogP contribution in [0, 0.1) is 0 Å². The summed E-state index contributed by atoms with van der Waals surface area (Å²) < 4.78 is 22.9. The van der Waals surface area contributed by atoms with Gasteiger partial charge in [-0.25, -0.2) is 0 Å². The maximum absolute atomic E-state index is 10.3. The first-order valence-corrected chi connectivity index (χ1v) is 10.7. The average Bonchev–Trinajstić information content (AvgIpc) is 3.01. The predicted molar refractivity (Wildman–Crippen MR) is 124 cm³/mol. The summed E-state index contributed by atoms with van der Waals surface area (Å²) in [6.45, 7) is 2.37. The first kappa shape index (κ1) is 22.1. The summed E-state index contributed by atoms with van der Waals surface area (Å²) in [7, 11) is 4.89. The van der Waals surface area contributed by atoms with E-state index in [2.05, 4.69) is 11.0 Å². The second kappa shape index (κ2) is 9.59. The Hall–Kier alpha value is -3.09. The quantitative estimate of drug-likeness (QED) is 0.555. The molecular formula is C25H26ClNO5. The first-order valence-electron chi connectivity index (χ1n) is 10.3. The monoisotopic (exact) mass is 455 g/mol. The van der Waals surface area contributed by atoms with Crippen molar-refractivity contribution in [3.63, 3.8) is 0 Å². The molecule has 3 aromatic carbocycles. The molecule has 1 aliphatic heterocycles. The third-order valence-electron chi connectivity index (χ3n) is 5.55. The Labute approximate surface area is 192 Å². The molecule has 32 heavy (non-hydrogen) atoms.